The summed E-state index contributed by atoms with van der Waals surface area (Å²) >= 11 is 0. The molecule has 0 aliphatic carbocycles. The molecule has 0 aromatic heterocycles. The summed E-state index contributed by atoms with van der Waals surface area (Å²) < 4.78 is 0. The summed E-state index contributed by atoms with van der Waals surface area (Å²) in [4.78, 5) is 16.9. The van der Waals surface area contributed by atoms with E-state index in [4.69, 9.17) is 51.0 Å². The van der Waals surface area contributed by atoms with Crippen molar-refractivity contribution in [3.8, 4) is 0 Å². The van der Waals surface area contributed by atoms with Crippen LogP contribution in [0.2, 0.25) is 0 Å². The fourth-order valence-corrected chi connectivity index (χ4v) is 0. The smallest absolute Gasteiger partial charge is 1.00 e. The SMILES string of the molecule is O=C([O-])O.O=C([O-])O.[Ca+2].[Ca+2].[Ca+2].[O-][O-].[O-][O-]. The molecule has 0 heterocycles. The first-order valence-electron chi connectivity index (χ1n) is 1.60. The van der Waals surface area contributed by atoms with Gasteiger partial charge in [-0.15, -0.1) is 0 Å². The quantitative estimate of drug-likeness (QED) is 0.245. The van der Waals surface area contributed by atoms with E-state index in [0.29, 0.717) is 0 Å². The van der Waals surface area contributed by atoms with E-state index in [-0.39, 0.29) is 113 Å². The van der Waals surface area contributed by atoms with E-state index in [2.05, 4.69) is 0 Å². The van der Waals surface area contributed by atoms with Gasteiger partial charge >= 0.3 is 113 Å². The van der Waals surface area contributed by atoms with Gasteiger partial charge in [-0.2, -0.15) is 0 Å². The third-order valence-corrected chi connectivity index (χ3v) is 0. The minimum Gasteiger partial charge on any atom is -1.00 e. The summed E-state index contributed by atoms with van der Waals surface area (Å²) in [6.07, 6.45) is -4.17. The van der Waals surface area contributed by atoms with Gasteiger partial charge in [0.2, 0.25) is 12.3 Å². The molecule has 76 valence electrons. The predicted molar refractivity (Wildman–Crippen MR) is 33.3 cm³/mol. The summed E-state index contributed by atoms with van der Waals surface area (Å²) in [6, 6.07) is 0. The molecule has 0 aromatic rings. The maximum atomic E-state index is 8.44. The predicted octanol–water partition coefficient (Wildman–Crippen LogP) is -8.12. The van der Waals surface area contributed by atoms with Gasteiger partial charge < -0.3 is 51.0 Å². The molecule has 0 bridgehead atoms. The van der Waals surface area contributed by atoms with Crippen molar-refractivity contribution in [2.45, 2.75) is 0 Å². The minimum absolute atomic E-state index is 0. The van der Waals surface area contributed by atoms with Crippen molar-refractivity contribution in [1.29, 1.82) is 0 Å². The summed E-state index contributed by atoms with van der Waals surface area (Å²) in [5, 5.41) is 58.6. The Hall–Kier alpha value is 2.16. The first-order valence-corrected chi connectivity index (χ1v) is 1.60. The van der Waals surface area contributed by atoms with Crippen molar-refractivity contribution in [3.63, 3.8) is 0 Å². The average Bonchev–Trinajstić information content (AvgIpc) is 1.93. The van der Waals surface area contributed by atoms with Crippen LogP contribution in [-0.2, 0) is 0 Å². The second-order valence-electron chi connectivity index (χ2n) is 0.532. The van der Waals surface area contributed by atoms with Gasteiger partial charge in [0.15, 0.2) is 0 Å². The van der Waals surface area contributed by atoms with Crippen LogP contribution in [-0.4, -0.2) is 136 Å². The summed E-state index contributed by atoms with van der Waals surface area (Å²) in [5.74, 6) is 0. The van der Waals surface area contributed by atoms with Gasteiger partial charge in [0.25, 0.3) is 0 Å². The molecule has 2 N–H and O–H groups in total. The van der Waals surface area contributed by atoms with Crippen LogP contribution in [0.25, 0.3) is 0 Å². The molecule has 0 aliphatic rings. The molecule has 0 rings (SSSR count). The van der Waals surface area contributed by atoms with E-state index in [9.17, 15) is 0 Å². The maximum absolute atomic E-state index is 8.44. The van der Waals surface area contributed by atoms with E-state index in [1.165, 1.54) is 0 Å². The molecule has 10 nitrogen and oxygen atoms in total. The van der Waals surface area contributed by atoms with E-state index >= 15 is 0 Å². The van der Waals surface area contributed by atoms with E-state index in [1.807, 2.05) is 0 Å². The monoisotopic (exact) mass is 306 g/mol. The zero-order valence-electron chi connectivity index (χ0n) is 7.28. The van der Waals surface area contributed by atoms with Crippen LogP contribution >= 0.6 is 0 Å². The second kappa shape index (κ2) is 55.8. The molecular weight excluding hydrogens is 304 g/mol. The Kier molecular flexibility index (Phi) is 161. The van der Waals surface area contributed by atoms with Gasteiger partial charge in [0.1, 0.15) is 0 Å². The largest absolute Gasteiger partial charge is 2.00 e. The van der Waals surface area contributed by atoms with Crippen LogP contribution in [0.5, 0.6) is 0 Å². The maximum Gasteiger partial charge on any atom is 2.00 e. The summed E-state index contributed by atoms with van der Waals surface area (Å²) in [7, 11) is 0. The number of hydrogen-bond donors (Lipinski definition) is 2. The van der Waals surface area contributed by atoms with Gasteiger partial charge in [-0.1, -0.05) is 0 Å². The van der Waals surface area contributed by atoms with E-state index < -0.39 is 12.3 Å². The molecule has 0 saturated heterocycles. The van der Waals surface area contributed by atoms with Crippen molar-refractivity contribution < 1.29 is 51.0 Å². The van der Waals surface area contributed by atoms with Gasteiger partial charge in [-0.05, 0) is 0 Å². The van der Waals surface area contributed by atoms with Gasteiger partial charge in [0.05, 0.1) is 0 Å². The Morgan fingerprint density at radius 3 is 0.667 bits per heavy atom. The van der Waals surface area contributed by atoms with Crippen LogP contribution in [0.3, 0.4) is 0 Å². The van der Waals surface area contributed by atoms with Gasteiger partial charge in [-0.3, -0.25) is 0 Å². The van der Waals surface area contributed by atoms with Crippen molar-refractivity contribution >= 4 is 126 Å². The Bertz CT molecular complexity index is 76.7. The molecule has 0 unspecified atom stereocenters. The van der Waals surface area contributed by atoms with E-state index in [0.717, 1.165) is 0 Å². The molecule has 0 atom stereocenters. The third-order valence-electron chi connectivity index (χ3n) is 0. The number of carboxylic acid groups (broad SMARTS) is 4. The molecule has 0 fully saturated rings. The molecule has 0 saturated carbocycles. The van der Waals surface area contributed by atoms with Crippen molar-refractivity contribution in [1.82, 2.24) is 0 Å². The zero-order valence-corrected chi connectivity index (χ0v) is 13.9. The first kappa shape index (κ1) is 43.4. The minimum atomic E-state index is -2.08. The molecule has 0 aromatic carbocycles. The molecule has 0 amide bonds. The van der Waals surface area contributed by atoms with Gasteiger partial charge in [0, 0.05) is 0 Å². The Morgan fingerprint density at radius 1 is 0.667 bits per heavy atom. The number of hydrogen-bond acceptors (Lipinski definition) is 8. The standard InChI is InChI=1S/2CH2O3.3Ca.2O2/c2*2-1(3)4;;;;2*1-2/h2*(H2,2,3,4);;;;;/q;;3*+2;2*-2/p-2. The number of rotatable bonds is 0. The molecule has 13 heteroatoms. The molecule has 0 radical (unpaired) electrons. The normalized spacial score (nSPS) is 4.00. The summed E-state index contributed by atoms with van der Waals surface area (Å²) in [5.41, 5.74) is 0. The Balaban J connectivity index is -0.0000000112. The fourth-order valence-electron chi connectivity index (χ4n) is 0. The average molecular weight is 306 g/mol. The summed E-state index contributed by atoms with van der Waals surface area (Å²) in [6.45, 7) is 0. The van der Waals surface area contributed by atoms with Crippen LogP contribution in [0.4, 0.5) is 9.59 Å². The first-order chi connectivity index (χ1) is 5.46. The molecule has 15 heavy (non-hydrogen) atoms. The Labute approximate surface area is 173 Å². The fraction of sp³-hybridized carbons (Fsp3) is 0. The van der Waals surface area contributed by atoms with Crippen LogP contribution in [0, 0.1) is 0 Å². The number of carbonyl (C=O) groups is 2. The van der Waals surface area contributed by atoms with Crippen LogP contribution < -0.4 is 31.2 Å². The van der Waals surface area contributed by atoms with Gasteiger partial charge in [-0.25, -0.2) is 0 Å². The molecular formula is C2H2Ca3O10. The molecule has 0 aliphatic heterocycles. The van der Waals surface area contributed by atoms with E-state index in [1.54, 1.807) is 0 Å². The van der Waals surface area contributed by atoms with Crippen molar-refractivity contribution in [2.75, 3.05) is 0 Å². The topological polar surface area (TPSA) is 213 Å². The molecule has 0 spiro atoms. The Morgan fingerprint density at radius 2 is 0.667 bits per heavy atom. The van der Waals surface area contributed by atoms with Crippen LogP contribution in [0.15, 0.2) is 0 Å². The van der Waals surface area contributed by atoms with Crippen molar-refractivity contribution in [3.05, 3.63) is 0 Å². The zero-order chi connectivity index (χ0) is 11.2. The van der Waals surface area contributed by atoms with Crippen molar-refractivity contribution in [2.24, 2.45) is 0 Å². The van der Waals surface area contributed by atoms with Crippen LogP contribution in [0.1, 0.15) is 0 Å². The third kappa shape index (κ3) is 695. The second-order valence-corrected chi connectivity index (χ2v) is 0.532.